The quantitative estimate of drug-likeness (QED) is 0.635. The minimum absolute atomic E-state index is 0.175. The molecule has 0 amide bonds. The molecule has 0 radical (unpaired) electrons. The van der Waals surface area contributed by atoms with Gasteiger partial charge in [0.25, 0.3) is 0 Å². The van der Waals surface area contributed by atoms with Crippen molar-refractivity contribution < 1.29 is 9.84 Å². The smallest absolute Gasteiger partial charge is 0.0716 e. The Balaban J connectivity index is 1.82. The summed E-state index contributed by atoms with van der Waals surface area (Å²) < 4.78 is 5.56. The summed E-state index contributed by atoms with van der Waals surface area (Å²) in [7, 11) is 0. The zero-order valence-electron chi connectivity index (χ0n) is 6.18. The van der Waals surface area contributed by atoms with E-state index in [-0.39, 0.29) is 12.2 Å². The zero-order valence-corrected chi connectivity index (χ0v) is 6.18. The Morgan fingerprint density at radius 2 is 2.50 bits per heavy atom. The Hall–Kier alpha value is -0.0800. The molecule has 2 saturated carbocycles. The van der Waals surface area contributed by atoms with Gasteiger partial charge in [0.15, 0.2) is 0 Å². The lowest BCUT2D eigenvalue weighted by molar-refractivity contribution is 0.00651. The van der Waals surface area contributed by atoms with Gasteiger partial charge in [0.1, 0.15) is 0 Å². The fraction of sp³-hybridized carbons (Fsp3) is 1.00. The molecule has 0 bridgehead atoms. The second-order valence-electron chi connectivity index (χ2n) is 3.43. The molecule has 2 aliphatic rings. The molecule has 2 unspecified atom stereocenters. The molecule has 0 spiro atoms. The largest absolute Gasteiger partial charge is 0.394 e. The molecule has 0 aromatic rings. The van der Waals surface area contributed by atoms with E-state index in [0.29, 0.717) is 6.61 Å². The van der Waals surface area contributed by atoms with Gasteiger partial charge < -0.3 is 9.84 Å². The Morgan fingerprint density at radius 1 is 1.60 bits per heavy atom. The van der Waals surface area contributed by atoms with Gasteiger partial charge in [-0.15, -0.1) is 0 Å². The minimum Gasteiger partial charge on any atom is -0.394 e. The van der Waals surface area contributed by atoms with Gasteiger partial charge in [0, 0.05) is 0 Å². The van der Waals surface area contributed by atoms with Gasteiger partial charge in [-0.05, 0) is 25.2 Å². The standard InChI is InChI=1S/C8H14O2/c9-4-5-10-8-3-1-2-7(8)6-8/h7,9H,1-6H2. The monoisotopic (exact) mass is 142 g/mol. The van der Waals surface area contributed by atoms with Gasteiger partial charge >= 0.3 is 0 Å². The third-order valence-corrected chi connectivity index (χ3v) is 2.81. The predicted octanol–water partition coefficient (Wildman–Crippen LogP) is 0.938. The summed E-state index contributed by atoms with van der Waals surface area (Å²) in [5.74, 6) is 0.846. The van der Waals surface area contributed by atoms with E-state index in [9.17, 15) is 0 Å². The lowest BCUT2D eigenvalue weighted by Gasteiger charge is -2.11. The number of fused-ring (bicyclic) bond motifs is 1. The van der Waals surface area contributed by atoms with Crippen molar-refractivity contribution in [2.45, 2.75) is 31.3 Å². The van der Waals surface area contributed by atoms with Crippen LogP contribution < -0.4 is 0 Å². The van der Waals surface area contributed by atoms with Gasteiger partial charge in [-0.2, -0.15) is 0 Å². The van der Waals surface area contributed by atoms with Crippen molar-refractivity contribution in [2.75, 3.05) is 13.2 Å². The van der Waals surface area contributed by atoms with E-state index in [1.165, 1.54) is 25.7 Å². The van der Waals surface area contributed by atoms with Crippen molar-refractivity contribution in [1.29, 1.82) is 0 Å². The number of rotatable bonds is 3. The first-order valence-electron chi connectivity index (χ1n) is 4.12. The van der Waals surface area contributed by atoms with Crippen molar-refractivity contribution in [3.63, 3.8) is 0 Å². The number of hydrogen-bond acceptors (Lipinski definition) is 2. The van der Waals surface area contributed by atoms with Crippen molar-refractivity contribution in [3.8, 4) is 0 Å². The fourth-order valence-electron chi connectivity index (χ4n) is 2.17. The average Bonchev–Trinajstić information content (AvgIpc) is 2.51. The van der Waals surface area contributed by atoms with E-state index in [4.69, 9.17) is 9.84 Å². The number of hydrogen-bond donors (Lipinski definition) is 1. The summed E-state index contributed by atoms with van der Waals surface area (Å²) in [4.78, 5) is 0. The second-order valence-corrected chi connectivity index (χ2v) is 3.43. The minimum atomic E-state index is 0.175. The first-order chi connectivity index (χ1) is 4.87. The molecule has 0 heterocycles. The topological polar surface area (TPSA) is 29.5 Å². The molecular formula is C8H14O2. The molecule has 0 aromatic heterocycles. The Morgan fingerprint density at radius 3 is 3.00 bits per heavy atom. The van der Waals surface area contributed by atoms with E-state index < -0.39 is 0 Å². The van der Waals surface area contributed by atoms with Gasteiger partial charge in [-0.1, -0.05) is 6.42 Å². The highest BCUT2D eigenvalue weighted by atomic mass is 16.5. The summed E-state index contributed by atoms with van der Waals surface area (Å²) in [6.07, 6.45) is 5.17. The first-order valence-corrected chi connectivity index (χ1v) is 4.12. The van der Waals surface area contributed by atoms with Gasteiger partial charge in [-0.3, -0.25) is 0 Å². The lowest BCUT2D eigenvalue weighted by atomic mass is 10.2. The van der Waals surface area contributed by atoms with Crippen LogP contribution in [0.15, 0.2) is 0 Å². The van der Waals surface area contributed by atoms with E-state index in [2.05, 4.69) is 0 Å². The molecule has 1 N–H and O–H groups in total. The molecule has 0 aliphatic heterocycles. The molecule has 2 fully saturated rings. The molecule has 0 aromatic carbocycles. The summed E-state index contributed by atoms with van der Waals surface area (Å²) in [5.41, 5.74) is 0.253. The highest BCUT2D eigenvalue weighted by molar-refractivity contribution is 5.09. The maximum Gasteiger partial charge on any atom is 0.0716 e. The van der Waals surface area contributed by atoms with Crippen LogP contribution in [0.25, 0.3) is 0 Å². The Kier molecular flexibility index (Phi) is 1.46. The zero-order chi connectivity index (χ0) is 7.03. The molecule has 2 atom stereocenters. The van der Waals surface area contributed by atoms with E-state index >= 15 is 0 Å². The Bertz CT molecular complexity index is 135. The van der Waals surface area contributed by atoms with Crippen LogP contribution in [-0.2, 0) is 4.74 Å². The maximum atomic E-state index is 8.53. The summed E-state index contributed by atoms with van der Waals surface area (Å²) in [6, 6.07) is 0. The molecule has 58 valence electrons. The van der Waals surface area contributed by atoms with Crippen molar-refractivity contribution >= 4 is 0 Å². The first kappa shape index (κ1) is 6.62. The predicted molar refractivity (Wildman–Crippen MR) is 37.7 cm³/mol. The highest BCUT2D eigenvalue weighted by Gasteiger charge is 2.57. The third-order valence-electron chi connectivity index (χ3n) is 2.81. The third kappa shape index (κ3) is 0.867. The van der Waals surface area contributed by atoms with Crippen LogP contribution in [0.1, 0.15) is 25.7 Å². The number of aliphatic hydroxyl groups is 1. The van der Waals surface area contributed by atoms with Crippen LogP contribution in [0.2, 0.25) is 0 Å². The van der Waals surface area contributed by atoms with Gasteiger partial charge in [-0.25, -0.2) is 0 Å². The van der Waals surface area contributed by atoms with E-state index in [1.807, 2.05) is 0 Å². The average molecular weight is 142 g/mol. The highest BCUT2D eigenvalue weighted by Crippen LogP contribution is 2.58. The van der Waals surface area contributed by atoms with Crippen molar-refractivity contribution in [2.24, 2.45) is 5.92 Å². The van der Waals surface area contributed by atoms with E-state index in [1.54, 1.807) is 0 Å². The number of aliphatic hydroxyl groups excluding tert-OH is 1. The van der Waals surface area contributed by atoms with Gasteiger partial charge in [0.2, 0.25) is 0 Å². The molecule has 2 heteroatoms. The molecule has 2 nitrogen and oxygen atoms in total. The number of ether oxygens (including phenoxy) is 1. The van der Waals surface area contributed by atoms with Gasteiger partial charge in [0.05, 0.1) is 18.8 Å². The molecule has 0 saturated heterocycles. The van der Waals surface area contributed by atoms with Crippen LogP contribution in [-0.4, -0.2) is 23.9 Å². The van der Waals surface area contributed by atoms with Crippen LogP contribution in [0.4, 0.5) is 0 Å². The van der Waals surface area contributed by atoms with Crippen LogP contribution in [0.5, 0.6) is 0 Å². The van der Waals surface area contributed by atoms with E-state index in [0.717, 1.165) is 5.92 Å². The summed E-state index contributed by atoms with van der Waals surface area (Å²) >= 11 is 0. The fourth-order valence-corrected chi connectivity index (χ4v) is 2.17. The van der Waals surface area contributed by atoms with Crippen LogP contribution in [0, 0.1) is 5.92 Å². The maximum absolute atomic E-state index is 8.53. The molecular weight excluding hydrogens is 128 g/mol. The lowest BCUT2D eigenvalue weighted by Crippen LogP contribution is -2.15. The molecule has 10 heavy (non-hydrogen) atoms. The Labute approximate surface area is 61.2 Å². The van der Waals surface area contributed by atoms with Crippen molar-refractivity contribution in [1.82, 2.24) is 0 Å². The second kappa shape index (κ2) is 2.21. The van der Waals surface area contributed by atoms with Crippen molar-refractivity contribution in [3.05, 3.63) is 0 Å². The summed E-state index contributed by atoms with van der Waals surface area (Å²) in [5, 5.41) is 8.53. The molecule has 2 rings (SSSR count). The summed E-state index contributed by atoms with van der Waals surface area (Å²) in [6.45, 7) is 0.713. The SMILES string of the molecule is OCCOC12CCCC1C2. The normalized spacial score (nSPS) is 43.5. The molecule has 2 aliphatic carbocycles. The van der Waals surface area contributed by atoms with Crippen LogP contribution >= 0.6 is 0 Å². The van der Waals surface area contributed by atoms with Crippen LogP contribution in [0.3, 0.4) is 0 Å².